The van der Waals surface area contributed by atoms with E-state index in [9.17, 15) is 22.8 Å². The Morgan fingerprint density at radius 2 is 1.61 bits per heavy atom. The second-order valence-corrected chi connectivity index (χ2v) is 8.60. The number of aromatic nitrogens is 2. The molecule has 0 bridgehead atoms. The Labute approximate surface area is 206 Å². The van der Waals surface area contributed by atoms with Crippen LogP contribution in [-0.2, 0) is 17.4 Å². The Bertz CT molecular complexity index is 1410. The molecule has 0 aliphatic rings. The molecule has 4 rings (SSSR count). The number of amides is 1. The second-order valence-electron chi connectivity index (χ2n) is 8.60. The van der Waals surface area contributed by atoms with Crippen molar-refractivity contribution in [3.05, 3.63) is 106 Å². The molecule has 4 aromatic rings. The topological polar surface area (TPSA) is 55.2 Å². The van der Waals surface area contributed by atoms with E-state index >= 15 is 0 Å². The Hall–Kier alpha value is -3.94. The van der Waals surface area contributed by atoms with E-state index in [0.29, 0.717) is 40.9 Å². The van der Waals surface area contributed by atoms with Crippen LogP contribution >= 0.6 is 0 Å². The fourth-order valence-corrected chi connectivity index (χ4v) is 4.26. The first-order valence-electron chi connectivity index (χ1n) is 11.7. The van der Waals surface area contributed by atoms with Gasteiger partial charge in [0.2, 0.25) is 5.91 Å². The number of hydrogen-bond acceptors (Lipinski definition) is 3. The highest BCUT2D eigenvalue weighted by Gasteiger charge is 2.30. The van der Waals surface area contributed by atoms with Gasteiger partial charge in [-0.05, 0) is 55.3 Å². The molecule has 1 atom stereocenters. The van der Waals surface area contributed by atoms with E-state index < -0.39 is 17.8 Å². The first-order chi connectivity index (χ1) is 17.2. The number of carbonyl (C=O) groups is 1. The maximum atomic E-state index is 13.5. The van der Waals surface area contributed by atoms with E-state index in [-0.39, 0.29) is 17.9 Å². The van der Waals surface area contributed by atoms with Gasteiger partial charge in [0.15, 0.2) is 0 Å². The van der Waals surface area contributed by atoms with Crippen LogP contribution in [0, 0.1) is 0 Å². The molecule has 1 heterocycles. The Morgan fingerprint density at radius 3 is 2.25 bits per heavy atom. The van der Waals surface area contributed by atoms with Crippen LogP contribution in [0.4, 0.5) is 13.2 Å². The van der Waals surface area contributed by atoms with Gasteiger partial charge in [0.1, 0.15) is 5.82 Å². The van der Waals surface area contributed by atoms with Crippen LogP contribution in [0.1, 0.15) is 43.3 Å². The monoisotopic (exact) mass is 493 g/mol. The molecule has 0 saturated heterocycles. The number of alkyl halides is 3. The summed E-state index contributed by atoms with van der Waals surface area (Å²) in [6, 6.07) is 20.2. The van der Waals surface area contributed by atoms with Crippen LogP contribution in [0.25, 0.3) is 16.6 Å². The van der Waals surface area contributed by atoms with Gasteiger partial charge in [-0.25, -0.2) is 4.98 Å². The average Bonchev–Trinajstić information content (AvgIpc) is 2.87. The van der Waals surface area contributed by atoms with Crippen LogP contribution in [0.2, 0.25) is 0 Å². The third kappa shape index (κ3) is 5.17. The standard InChI is InChI=1S/C28H26F3N3O2/c1-3-17-33(25(35)18-20-13-15-21(16-14-20)28(29,30)31)19(2)26-32-24-12-8-7-11-23(24)27(36)34(26)22-9-5-4-6-10-22/h4-16,19H,3,17-18H2,1-2H3/t19-/m1/s1. The summed E-state index contributed by atoms with van der Waals surface area (Å²) in [7, 11) is 0. The molecule has 0 N–H and O–H groups in total. The fraction of sp³-hybridized carbons (Fsp3) is 0.250. The van der Waals surface area contributed by atoms with E-state index in [4.69, 9.17) is 4.98 Å². The summed E-state index contributed by atoms with van der Waals surface area (Å²) >= 11 is 0. The molecule has 0 aliphatic heterocycles. The molecule has 0 saturated carbocycles. The average molecular weight is 494 g/mol. The molecule has 1 amide bonds. The Balaban J connectivity index is 1.74. The number of rotatable bonds is 7. The van der Waals surface area contributed by atoms with Crippen LogP contribution in [0.3, 0.4) is 0 Å². The van der Waals surface area contributed by atoms with E-state index in [2.05, 4.69) is 0 Å². The molecule has 5 nitrogen and oxygen atoms in total. The van der Waals surface area contributed by atoms with Gasteiger partial charge in [-0.1, -0.05) is 49.4 Å². The molecule has 3 aromatic carbocycles. The predicted octanol–water partition coefficient (Wildman–Crippen LogP) is 5.95. The molecule has 0 spiro atoms. The van der Waals surface area contributed by atoms with Crippen molar-refractivity contribution in [2.24, 2.45) is 0 Å². The maximum absolute atomic E-state index is 13.5. The summed E-state index contributed by atoms with van der Waals surface area (Å²) in [5.41, 5.74) is 0.649. The SMILES string of the molecule is CCCN(C(=O)Cc1ccc(C(F)(F)F)cc1)[C@H](C)c1nc2ccccc2c(=O)n1-c1ccccc1. The van der Waals surface area contributed by atoms with Crippen molar-refractivity contribution in [2.75, 3.05) is 6.54 Å². The molecule has 186 valence electrons. The largest absolute Gasteiger partial charge is 0.416 e. The minimum Gasteiger partial charge on any atom is -0.332 e. The lowest BCUT2D eigenvalue weighted by Crippen LogP contribution is -2.38. The number of carbonyl (C=O) groups excluding carboxylic acids is 1. The predicted molar refractivity (Wildman–Crippen MR) is 133 cm³/mol. The van der Waals surface area contributed by atoms with E-state index in [1.165, 1.54) is 16.7 Å². The molecule has 0 unspecified atom stereocenters. The minimum absolute atomic E-state index is 0.0639. The summed E-state index contributed by atoms with van der Waals surface area (Å²) in [5, 5.41) is 0.468. The Kier molecular flexibility index (Phi) is 7.24. The van der Waals surface area contributed by atoms with Crippen molar-refractivity contribution in [3.63, 3.8) is 0 Å². The summed E-state index contributed by atoms with van der Waals surface area (Å²) < 4.78 is 40.3. The molecule has 0 aliphatic carbocycles. The molecule has 1 aromatic heterocycles. The number of benzene rings is 3. The first-order valence-corrected chi connectivity index (χ1v) is 11.7. The third-order valence-corrected chi connectivity index (χ3v) is 6.08. The smallest absolute Gasteiger partial charge is 0.332 e. The summed E-state index contributed by atoms with van der Waals surface area (Å²) in [6.45, 7) is 4.15. The summed E-state index contributed by atoms with van der Waals surface area (Å²) in [6.07, 6.45) is -3.84. The van der Waals surface area contributed by atoms with E-state index in [0.717, 1.165) is 12.1 Å². The van der Waals surface area contributed by atoms with Gasteiger partial charge >= 0.3 is 6.18 Å². The number of para-hydroxylation sites is 2. The minimum atomic E-state index is -4.44. The van der Waals surface area contributed by atoms with Crippen LogP contribution in [-0.4, -0.2) is 26.9 Å². The lowest BCUT2D eigenvalue weighted by Gasteiger charge is -2.30. The lowest BCUT2D eigenvalue weighted by molar-refractivity contribution is -0.137. The number of fused-ring (bicyclic) bond motifs is 1. The number of halogens is 3. The second kappa shape index (κ2) is 10.4. The van der Waals surface area contributed by atoms with Crippen LogP contribution < -0.4 is 5.56 Å². The molecule has 8 heteroatoms. The Morgan fingerprint density at radius 1 is 0.972 bits per heavy atom. The number of hydrogen-bond donors (Lipinski definition) is 0. The van der Waals surface area contributed by atoms with Crippen LogP contribution in [0.5, 0.6) is 0 Å². The molecule has 36 heavy (non-hydrogen) atoms. The summed E-state index contributed by atoms with van der Waals surface area (Å²) in [4.78, 5) is 33.3. The zero-order valence-corrected chi connectivity index (χ0v) is 20.0. The highest BCUT2D eigenvalue weighted by molar-refractivity contribution is 5.80. The third-order valence-electron chi connectivity index (χ3n) is 6.08. The molecular formula is C28H26F3N3O2. The van der Waals surface area contributed by atoms with Crippen LogP contribution in [0.15, 0.2) is 83.7 Å². The van der Waals surface area contributed by atoms with Gasteiger partial charge in [0, 0.05) is 6.54 Å². The fourth-order valence-electron chi connectivity index (χ4n) is 4.26. The van der Waals surface area contributed by atoms with Gasteiger partial charge < -0.3 is 4.90 Å². The summed E-state index contributed by atoms with van der Waals surface area (Å²) in [5.74, 6) is 0.158. The van der Waals surface area contributed by atoms with Crippen molar-refractivity contribution in [1.29, 1.82) is 0 Å². The van der Waals surface area contributed by atoms with Crippen molar-refractivity contribution < 1.29 is 18.0 Å². The van der Waals surface area contributed by atoms with Gasteiger partial charge in [-0.15, -0.1) is 0 Å². The maximum Gasteiger partial charge on any atom is 0.416 e. The van der Waals surface area contributed by atoms with Gasteiger partial charge in [0.05, 0.1) is 34.6 Å². The zero-order chi connectivity index (χ0) is 25.9. The van der Waals surface area contributed by atoms with Crippen molar-refractivity contribution in [2.45, 2.75) is 38.9 Å². The molecule has 0 fully saturated rings. The lowest BCUT2D eigenvalue weighted by atomic mass is 10.1. The van der Waals surface area contributed by atoms with Gasteiger partial charge in [0.25, 0.3) is 5.56 Å². The van der Waals surface area contributed by atoms with Gasteiger partial charge in [-0.3, -0.25) is 14.2 Å². The van der Waals surface area contributed by atoms with Crippen molar-refractivity contribution in [3.8, 4) is 5.69 Å². The van der Waals surface area contributed by atoms with Crippen molar-refractivity contribution >= 4 is 16.8 Å². The van der Waals surface area contributed by atoms with Crippen molar-refractivity contribution in [1.82, 2.24) is 14.5 Å². The van der Waals surface area contributed by atoms with E-state index in [1.54, 1.807) is 29.2 Å². The number of nitrogens with zero attached hydrogens (tertiary/aromatic N) is 3. The zero-order valence-electron chi connectivity index (χ0n) is 20.0. The highest BCUT2D eigenvalue weighted by Crippen LogP contribution is 2.29. The van der Waals surface area contributed by atoms with E-state index in [1.807, 2.05) is 44.2 Å². The molecule has 0 radical (unpaired) electrons. The first kappa shape index (κ1) is 25.2. The quantitative estimate of drug-likeness (QED) is 0.320. The highest BCUT2D eigenvalue weighted by atomic mass is 19.4. The normalized spacial score (nSPS) is 12.5. The molecular weight excluding hydrogens is 467 g/mol. The van der Waals surface area contributed by atoms with Gasteiger partial charge in [-0.2, -0.15) is 13.2 Å².